The Kier molecular flexibility index (Phi) is 4.77. The molecule has 0 radical (unpaired) electrons. The van der Waals surface area contributed by atoms with Gasteiger partial charge in [0.05, 0.1) is 23.3 Å². The molecule has 2 aromatic rings. The summed E-state index contributed by atoms with van der Waals surface area (Å²) in [5, 5.41) is 3.51. The minimum absolute atomic E-state index is 0.0270. The number of hydrogen-bond donors (Lipinski definition) is 1. The molecule has 0 fully saturated rings. The van der Waals surface area contributed by atoms with E-state index in [4.69, 9.17) is 9.47 Å². The summed E-state index contributed by atoms with van der Waals surface area (Å²) in [4.78, 5) is 29.1. The topological polar surface area (TPSA) is 67.9 Å². The van der Waals surface area contributed by atoms with Gasteiger partial charge in [-0.3, -0.25) is 9.59 Å². The lowest BCUT2D eigenvalue weighted by Crippen LogP contribution is -2.45. The number of ether oxygens (including phenoxy) is 2. The fourth-order valence-electron chi connectivity index (χ4n) is 4.97. The van der Waals surface area contributed by atoms with E-state index in [2.05, 4.69) is 25.2 Å². The van der Waals surface area contributed by atoms with E-state index in [1.165, 1.54) is 0 Å². The van der Waals surface area contributed by atoms with Gasteiger partial charge in [-0.2, -0.15) is 0 Å². The van der Waals surface area contributed by atoms with Crippen LogP contribution in [-0.4, -0.2) is 18.5 Å². The van der Waals surface area contributed by atoms with Gasteiger partial charge in [-0.1, -0.05) is 52.0 Å². The standard InChI is InChI=1S/C26H28N2O4/c1-15(2)25(30)28-19-8-6-5-7-17(19)27-18-12-26(3,4)13-20(29)23(18)24(28)16-9-10-21-22(11-16)32-14-31-21/h5-12,15,23-24,27H,13-14H2,1-4H3. The van der Waals surface area contributed by atoms with Gasteiger partial charge in [0.1, 0.15) is 5.78 Å². The maximum absolute atomic E-state index is 13.7. The molecule has 32 heavy (non-hydrogen) atoms. The number of para-hydroxylation sites is 2. The first-order valence-electron chi connectivity index (χ1n) is 11.1. The van der Waals surface area contributed by atoms with Crippen molar-refractivity contribution in [1.82, 2.24) is 0 Å². The largest absolute Gasteiger partial charge is 0.454 e. The summed E-state index contributed by atoms with van der Waals surface area (Å²) in [6.07, 6.45) is 2.57. The van der Waals surface area contributed by atoms with Crippen molar-refractivity contribution in [2.45, 2.75) is 40.2 Å². The number of anilines is 2. The third-order valence-corrected chi connectivity index (χ3v) is 6.36. The molecule has 0 saturated carbocycles. The van der Waals surface area contributed by atoms with Crippen LogP contribution in [0.25, 0.3) is 0 Å². The Balaban J connectivity index is 1.77. The van der Waals surface area contributed by atoms with Crippen LogP contribution in [0.4, 0.5) is 11.4 Å². The zero-order chi connectivity index (χ0) is 22.6. The van der Waals surface area contributed by atoms with E-state index in [9.17, 15) is 9.59 Å². The molecule has 2 unspecified atom stereocenters. The van der Waals surface area contributed by atoms with Crippen LogP contribution in [0.1, 0.15) is 45.7 Å². The van der Waals surface area contributed by atoms with Crippen molar-refractivity contribution in [1.29, 1.82) is 0 Å². The number of carbonyl (C=O) groups is 2. The number of allylic oxidation sites excluding steroid dienone is 1. The van der Waals surface area contributed by atoms with Gasteiger partial charge in [0, 0.05) is 18.0 Å². The zero-order valence-corrected chi connectivity index (χ0v) is 18.8. The van der Waals surface area contributed by atoms with Crippen LogP contribution in [0.2, 0.25) is 0 Å². The average molecular weight is 433 g/mol. The molecule has 2 aromatic carbocycles. The molecule has 2 atom stereocenters. The first-order chi connectivity index (χ1) is 15.2. The number of ketones is 1. The predicted octanol–water partition coefficient (Wildman–Crippen LogP) is 5.07. The summed E-state index contributed by atoms with van der Waals surface area (Å²) in [5.41, 5.74) is 3.04. The highest BCUT2D eigenvalue weighted by Gasteiger charge is 2.46. The molecule has 3 aliphatic rings. The first-order valence-corrected chi connectivity index (χ1v) is 11.1. The van der Waals surface area contributed by atoms with Crippen molar-refractivity contribution in [2.24, 2.45) is 17.3 Å². The Morgan fingerprint density at radius 3 is 2.66 bits per heavy atom. The van der Waals surface area contributed by atoms with E-state index >= 15 is 0 Å². The molecular formula is C26H28N2O4. The second kappa shape index (κ2) is 7.40. The summed E-state index contributed by atoms with van der Waals surface area (Å²) >= 11 is 0. The number of rotatable bonds is 2. The third kappa shape index (κ3) is 3.34. The lowest BCUT2D eigenvalue weighted by atomic mass is 9.72. The van der Waals surface area contributed by atoms with E-state index in [0.29, 0.717) is 17.9 Å². The molecule has 0 saturated heterocycles. The summed E-state index contributed by atoms with van der Waals surface area (Å²) in [7, 11) is 0. The van der Waals surface area contributed by atoms with E-state index < -0.39 is 12.0 Å². The van der Waals surface area contributed by atoms with Crippen LogP contribution in [-0.2, 0) is 9.59 Å². The Hall–Kier alpha value is -3.28. The van der Waals surface area contributed by atoms with Crippen molar-refractivity contribution < 1.29 is 19.1 Å². The fraction of sp³-hybridized carbons (Fsp3) is 0.385. The fourth-order valence-corrected chi connectivity index (χ4v) is 4.97. The second-order valence-electron chi connectivity index (χ2n) is 9.77. The SMILES string of the molecule is CC(C)C(=O)N1c2ccccc2NC2=CC(C)(C)CC(=O)C2C1c1ccc2c(c1)OCO2. The van der Waals surface area contributed by atoms with E-state index in [1.54, 1.807) is 0 Å². The molecule has 166 valence electrons. The van der Waals surface area contributed by atoms with Crippen molar-refractivity contribution in [2.75, 3.05) is 17.0 Å². The molecule has 5 rings (SSSR count). The molecular weight excluding hydrogens is 404 g/mol. The molecule has 1 amide bonds. The Labute approximate surface area is 188 Å². The van der Waals surface area contributed by atoms with Gasteiger partial charge in [-0.15, -0.1) is 0 Å². The van der Waals surface area contributed by atoms with Crippen LogP contribution < -0.4 is 19.7 Å². The quantitative estimate of drug-likeness (QED) is 0.718. The average Bonchev–Trinajstić information content (AvgIpc) is 3.14. The Morgan fingerprint density at radius 1 is 1.12 bits per heavy atom. The number of hydrogen-bond acceptors (Lipinski definition) is 5. The summed E-state index contributed by atoms with van der Waals surface area (Å²) in [6, 6.07) is 13.0. The van der Waals surface area contributed by atoms with Gasteiger partial charge in [-0.05, 0) is 35.2 Å². The molecule has 0 spiro atoms. The van der Waals surface area contributed by atoms with Gasteiger partial charge in [0.25, 0.3) is 0 Å². The summed E-state index contributed by atoms with van der Waals surface area (Å²) < 4.78 is 11.1. The number of Topliss-reactive ketones (excluding diaryl/α,β-unsaturated/α-hetero) is 1. The molecule has 6 heteroatoms. The lowest BCUT2D eigenvalue weighted by Gasteiger charge is -2.39. The highest BCUT2D eigenvalue weighted by atomic mass is 16.7. The van der Waals surface area contributed by atoms with E-state index in [-0.39, 0.29) is 29.8 Å². The normalized spacial score (nSPS) is 23.1. The maximum Gasteiger partial charge on any atom is 0.231 e. The molecule has 1 N–H and O–H groups in total. The van der Waals surface area contributed by atoms with Gasteiger partial charge in [0.15, 0.2) is 11.5 Å². The number of fused-ring (bicyclic) bond motifs is 3. The summed E-state index contributed by atoms with van der Waals surface area (Å²) in [6.45, 7) is 8.09. The van der Waals surface area contributed by atoms with Crippen molar-refractivity contribution in [3.05, 3.63) is 59.8 Å². The van der Waals surface area contributed by atoms with E-state index in [0.717, 1.165) is 22.6 Å². The van der Waals surface area contributed by atoms with Crippen LogP contribution in [0, 0.1) is 17.3 Å². The lowest BCUT2D eigenvalue weighted by molar-refractivity contribution is -0.125. The highest BCUT2D eigenvalue weighted by molar-refractivity contribution is 6.02. The minimum Gasteiger partial charge on any atom is -0.454 e. The van der Waals surface area contributed by atoms with Crippen molar-refractivity contribution in [3.8, 4) is 11.5 Å². The minimum atomic E-state index is -0.501. The molecule has 0 bridgehead atoms. The van der Waals surface area contributed by atoms with Gasteiger partial charge < -0.3 is 19.7 Å². The number of nitrogens with one attached hydrogen (secondary N) is 1. The predicted molar refractivity (Wildman–Crippen MR) is 123 cm³/mol. The van der Waals surface area contributed by atoms with Crippen LogP contribution in [0.5, 0.6) is 11.5 Å². The van der Waals surface area contributed by atoms with Crippen LogP contribution in [0.3, 0.4) is 0 Å². The van der Waals surface area contributed by atoms with Crippen molar-refractivity contribution >= 4 is 23.1 Å². The monoisotopic (exact) mass is 432 g/mol. The Bertz CT molecular complexity index is 1130. The highest BCUT2D eigenvalue weighted by Crippen LogP contribution is 2.50. The van der Waals surface area contributed by atoms with Gasteiger partial charge >= 0.3 is 0 Å². The van der Waals surface area contributed by atoms with Crippen LogP contribution in [0.15, 0.2) is 54.2 Å². The van der Waals surface area contributed by atoms with Gasteiger partial charge in [-0.25, -0.2) is 0 Å². The third-order valence-electron chi connectivity index (χ3n) is 6.36. The number of benzene rings is 2. The van der Waals surface area contributed by atoms with Gasteiger partial charge in [0.2, 0.25) is 12.7 Å². The Morgan fingerprint density at radius 2 is 1.88 bits per heavy atom. The van der Waals surface area contributed by atoms with Crippen molar-refractivity contribution in [3.63, 3.8) is 0 Å². The first kappa shape index (κ1) is 20.6. The smallest absolute Gasteiger partial charge is 0.231 e. The van der Waals surface area contributed by atoms with Crippen LogP contribution >= 0.6 is 0 Å². The maximum atomic E-state index is 13.7. The molecule has 2 heterocycles. The molecule has 1 aliphatic carbocycles. The molecule has 2 aliphatic heterocycles. The molecule has 6 nitrogen and oxygen atoms in total. The molecule has 0 aromatic heterocycles. The summed E-state index contributed by atoms with van der Waals surface area (Å²) in [5.74, 6) is 0.671. The number of nitrogens with zero attached hydrogens (tertiary/aromatic N) is 1. The number of amides is 1. The second-order valence-corrected chi connectivity index (χ2v) is 9.77. The zero-order valence-electron chi connectivity index (χ0n) is 18.8. The number of carbonyl (C=O) groups excluding carboxylic acids is 2. The van der Waals surface area contributed by atoms with E-state index in [1.807, 2.05) is 61.2 Å².